The molecule has 0 spiro atoms. The lowest BCUT2D eigenvalue weighted by Crippen LogP contribution is -2.22. The van der Waals surface area contributed by atoms with Crippen molar-refractivity contribution in [1.82, 2.24) is 9.88 Å². The molecule has 0 bridgehead atoms. The Bertz CT molecular complexity index is 724. The Labute approximate surface area is 127 Å². The van der Waals surface area contributed by atoms with Gasteiger partial charge in [0.1, 0.15) is 0 Å². The molecule has 0 atom stereocenters. The van der Waals surface area contributed by atoms with Gasteiger partial charge in [-0.1, -0.05) is 12.1 Å². The molecule has 0 aliphatic heterocycles. The Morgan fingerprint density at radius 1 is 1.23 bits per heavy atom. The zero-order valence-corrected chi connectivity index (χ0v) is 12.3. The van der Waals surface area contributed by atoms with Gasteiger partial charge in [0.05, 0.1) is 4.92 Å². The molecule has 0 aliphatic rings. The van der Waals surface area contributed by atoms with E-state index in [4.69, 9.17) is 0 Å². The number of benzene rings is 1. The molecule has 0 saturated heterocycles. The zero-order chi connectivity index (χ0) is 16.1. The fourth-order valence-electron chi connectivity index (χ4n) is 1.94. The van der Waals surface area contributed by atoms with E-state index in [0.29, 0.717) is 16.7 Å². The molecule has 0 saturated carbocycles. The van der Waals surface area contributed by atoms with Gasteiger partial charge in [-0.2, -0.15) is 0 Å². The van der Waals surface area contributed by atoms with E-state index in [9.17, 15) is 14.9 Å². The Balaban J connectivity index is 2.51. The minimum absolute atomic E-state index is 0.0138. The van der Waals surface area contributed by atoms with Crippen LogP contribution in [0.1, 0.15) is 11.1 Å². The standard InChI is InChI=1S/C16H15N3O3/c1-18(2)16(20)15(13-6-8-17-9-7-13)11-12-4-3-5-14(10-12)19(21)22/h3-11H,1-2H3/b15-11+. The molecule has 0 N–H and O–H groups in total. The second-order valence-corrected chi connectivity index (χ2v) is 4.85. The lowest BCUT2D eigenvalue weighted by atomic mass is 10.0. The van der Waals surface area contributed by atoms with Crippen molar-refractivity contribution in [3.8, 4) is 0 Å². The van der Waals surface area contributed by atoms with Crippen LogP contribution in [0, 0.1) is 10.1 Å². The number of pyridine rings is 1. The van der Waals surface area contributed by atoms with Crippen molar-refractivity contribution in [2.45, 2.75) is 0 Å². The quantitative estimate of drug-likeness (QED) is 0.494. The summed E-state index contributed by atoms with van der Waals surface area (Å²) >= 11 is 0. The molecule has 112 valence electrons. The van der Waals surface area contributed by atoms with Crippen molar-refractivity contribution in [2.75, 3.05) is 14.1 Å². The molecular formula is C16H15N3O3. The number of hydrogen-bond acceptors (Lipinski definition) is 4. The summed E-state index contributed by atoms with van der Waals surface area (Å²) in [5.41, 5.74) is 1.74. The van der Waals surface area contributed by atoms with Gasteiger partial charge >= 0.3 is 0 Å². The van der Waals surface area contributed by atoms with Crippen molar-refractivity contribution < 1.29 is 9.72 Å². The Kier molecular flexibility index (Phi) is 4.63. The maximum Gasteiger partial charge on any atom is 0.270 e. The lowest BCUT2D eigenvalue weighted by molar-refractivity contribution is -0.384. The van der Waals surface area contributed by atoms with Crippen LogP contribution < -0.4 is 0 Å². The average molecular weight is 297 g/mol. The topological polar surface area (TPSA) is 76.3 Å². The van der Waals surface area contributed by atoms with Crippen LogP contribution >= 0.6 is 0 Å². The monoisotopic (exact) mass is 297 g/mol. The SMILES string of the molecule is CN(C)C(=O)/C(=C/c1cccc([N+](=O)[O-])c1)c1ccncc1. The summed E-state index contributed by atoms with van der Waals surface area (Å²) in [5, 5.41) is 10.9. The van der Waals surface area contributed by atoms with Gasteiger partial charge in [0.15, 0.2) is 0 Å². The summed E-state index contributed by atoms with van der Waals surface area (Å²) in [7, 11) is 3.32. The Hall–Kier alpha value is -3.02. The highest BCUT2D eigenvalue weighted by Crippen LogP contribution is 2.22. The summed E-state index contributed by atoms with van der Waals surface area (Å²) in [6.07, 6.45) is 4.84. The van der Waals surface area contributed by atoms with E-state index in [0.717, 1.165) is 0 Å². The van der Waals surface area contributed by atoms with Crippen LogP contribution in [-0.2, 0) is 4.79 Å². The molecule has 1 amide bonds. The van der Waals surface area contributed by atoms with E-state index in [1.54, 1.807) is 56.8 Å². The maximum absolute atomic E-state index is 12.4. The normalized spacial score (nSPS) is 11.1. The molecule has 0 fully saturated rings. The first kappa shape index (κ1) is 15.4. The number of nitro benzene ring substituents is 1. The molecule has 2 rings (SSSR count). The van der Waals surface area contributed by atoms with Gasteiger partial charge in [-0.25, -0.2) is 0 Å². The van der Waals surface area contributed by atoms with Crippen molar-refractivity contribution in [1.29, 1.82) is 0 Å². The van der Waals surface area contributed by atoms with Gasteiger partial charge in [0.25, 0.3) is 11.6 Å². The number of nitrogens with zero attached hydrogens (tertiary/aromatic N) is 3. The van der Waals surface area contributed by atoms with E-state index in [1.165, 1.54) is 17.0 Å². The smallest absolute Gasteiger partial charge is 0.270 e. The Morgan fingerprint density at radius 3 is 2.50 bits per heavy atom. The van der Waals surface area contributed by atoms with E-state index in [-0.39, 0.29) is 11.6 Å². The summed E-state index contributed by atoms with van der Waals surface area (Å²) in [6, 6.07) is 9.61. The lowest BCUT2D eigenvalue weighted by Gasteiger charge is -2.14. The first-order valence-electron chi connectivity index (χ1n) is 6.57. The molecule has 1 aromatic carbocycles. The van der Waals surface area contributed by atoms with E-state index in [1.807, 2.05) is 0 Å². The summed E-state index contributed by atoms with van der Waals surface area (Å²) in [4.78, 5) is 28.2. The minimum atomic E-state index is -0.461. The van der Waals surface area contributed by atoms with E-state index >= 15 is 0 Å². The van der Waals surface area contributed by atoms with Gasteiger partial charge in [0.2, 0.25) is 0 Å². The largest absolute Gasteiger partial charge is 0.345 e. The van der Waals surface area contributed by atoms with E-state index < -0.39 is 4.92 Å². The molecule has 0 aliphatic carbocycles. The molecule has 6 heteroatoms. The third kappa shape index (κ3) is 3.54. The molecular weight excluding hydrogens is 282 g/mol. The third-order valence-electron chi connectivity index (χ3n) is 3.02. The van der Waals surface area contributed by atoms with Gasteiger partial charge in [-0.3, -0.25) is 19.9 Å². The van der Waals surface area contributed by atoms with E-state index in [2.05, 4.69) is 4.98 Å². The van der Waals surface area contributed by atoms with Gasteiger partial charge in [0, 0.05) is 44.2 Å². The zero-order valence-electron chi connectivity index (χ0n) is 12.3. The predicted molar refractivity (Wildman–Crippen MR) is 83.9 cm³/mol. The number of carbonyl (C=O) groups is 1. The number of non-ortho nitro benzene ring substituents is 1. The number of carbonyl (C=O) groups excluding carboxylic acids is 1. The van der Waals surface area contributed by atoms with Crippen molar-refractivity contribution in [2.24, 2.45) is 0 Å². The minimum Gasteiger partial charge on any atom is -0.345 e. The second-order valence-electron chi connectivity index (χ2n) is 4.85. The van der Waals surface area contributed by atoms with Crippen LogP contribution in [0.25, 0.3) is 11.6 Å². The predicted octanol–water partition coefficient (Wildman–Crippen LogP) is 2.62. The van der Waals surface area contributed by atoms with Crippen LogP contribution in [0.3, 0.4) is 0 Å². The highest BCUT2D eigenvalue weighted by atomic mass is 16.6. The highest BCUT2D eigenvalue weighted by Gasteiger charge is 2.14. The number of aromatic nitrogens is 1. The first-order valence-corrected chi connectivity index (χ1v) is 6.57. The molecule has 1 heterocycles. The van der Waals surface area contributed by atoms with Crippen molar-refractivity contribution in [3.63, 3.8) is 0 Å². The maximum atomic E-state index is 12.4. The van der Waals surface area contributed by atoms with Crippen LogP contribution in [0.2, 0.25) is 0 Å². The summed E-state index contributed by atoms with van der Waals surface area (Å²) < 4.78 is 0. The number of rotatable bonds is 4. The fraction of sp³-hybridized carbons (Fsp3) is 0.125. The van der Waals surface area contributed by atoms with Crippen LogP contribution in [0.5, 0.6) is 0 Å². The molecule has 0 radical (unpaired) electrons. The molecule has 2 aromatic rings. The number of amides is 1. The molecule has 0 unspecified atom stereocenters. The van der Waals surface area contributed by atoms with Gasteiger partial charge < -0.3 is 4.90 Å². The third-order valence-corrected chi connectivity index (χ3v) is 3.02. The number of hydrogen-bond donors (Lipinski definition) is 0. The van der Waals surface area contributed by atoms with Gasteiger partial charge in [-0.05, 0) is 29.3 Å². The number of nitro groups is 1. The van der Waals surface area contributed by atoms with Crippen LogP contribution in [0.4, 0.5) is 5.69 Å². The van der Waals surface area contributed by atoms with Crippen LogP contribution in [0.15, 0.2) is 48.8 Å². The second kappa shape index (κ2) is 6.62. The molecule has 6 nitrogen and oxygen atoms in total. The van der Waals surface area contributed by atoms with Crippen molar-refractivity contribution >= 4 is 23.2 Å². The Morgan fingerprint density at radius 2 is 1.91 bits per heavy atom. The average Bonchev–Trinajstić information content (AvgIpc) is 2.53. The molecule has 1 aromatic heterocycles. The van der Waals surface area contributed by atoms with Crippen molar-refractivity contribution in [3.05, 3.63) is 70.0 Å². The van der Waals surface area contributed by atoms with Gasteiger partial charge in [-0.15, -0.1) is 0 Å². The molecule has 22 heavy (non-hydrogen) atoms. The fourth-order valence-corrected chi connectivity index (χ4v) is 1.94. The summed E-state index contributed by atoms with van der Waals surface area (Å²) in [5.74, 6) is -0.183. The number of likely N-dealkylation sites (N-methyl/N-ethyl adjacent to an activating group) is 1. The summed E-state index contributed by atoms with van der Waals surface area (Å²) in [6.45, 7) is 0. The first-order chi connectivity index (χ1) is 10.5. The highest BCUT2D eigenvalue weighted by molar-refractivity contribution is 6.24. The van der Waals surface area contributed by atoms with Crippen LogP contribution in [-0.4, -0.2) is 34.8 Å².